The number of aliphatic imine (C=N–C) groups is 1. The minimum absolute atomic E-state index is 0.101. The van der Waals surface area contributed by atoms with Gasteiger partial charge in [-0.25, -0.2) is 19.5 Å². The number of ether oxygens (including phenoxy) is 2. The molecule has 0 bridgehead atoms. The maximum atomic E-state index is 12.4. The molecule has 1 heterocycles. The molecule has 0 aromatic heterocycles. The number of imide groups is 1. The summed E-state index contributed by atoms with van der Waals surface area (Å²) in [7, 11) is 0. The van der Waals surface area contributed by atoms with Crippen LogP contribution in [0.2, 0.25) is 0 Å². The van der Waals surface area contributed by atoms with Gasteiger partial charge in [0.25, 0.3) is 0 Å². The summed E-state index contributed by atoms with van der Waals surface area (Å²) in [6, 6.07) is 7.43. The number of rotatable bonds is 5. The van der Waals surface area contributed by atoms with Gasteiger partial charge in [0, 0.05) is 11.3 Å². The van der Waals surface area contributed by atoms with Crippen LogP contribution in [0, 0.1) is 17.2 Å². The van der Waals surface area contributed by atoms with E-state index in [0.717, 1.165) is 4.90 Å². The first-order valence-electron chi connectivity index (χ1n) is 7.82. The molecule has 0 N–H and O–H groups in total. The van der Waals surface area contributed by atoms with Crippen LogP contribution in [0.1, 0.15) is 25.5 Å². The van der Waals surface area contributed by atoms with Gasteiger partial charge in [0.1, 0.15) is 18.3 Å². The zero-order valence-corrected chi connectivity index (χ0v) is 14.1. The summed E-state index contributed by atoms with van der Waals surface area (Å²) >= 11 is 0. The van der Waals surface area contributed by atoms with E-state index >= 15 is 0 Å². The fourth-order valence-corrected chi connectivity index (χ4v) is 2.64. The van der Waals surface area contributed by atoms with Crippen molar-refractivity contribution in [2.24, 2.45) is 10.9 Å². The molecular weight excluding hydrogens is 322 g/mol. The Bertz CT molecular complexity index is 751. The molecule has 0 fully saturated rings. The summed E-state index contributed by atoms with van der Waals surface area (Å²) in [6.07, 6.45) is 0.743. The minimum Gasteiger partial charge on any atom is -0.489 e. The van der Waals surface area contributed by atoms with Crippen molar-refractivity contribution < 1.29 is 19.1 Å². The first-order valence-corrected chi connectivity index (χ1v) is 7.82. The molecule has 0 saturated heterocycles. The summed E-state index contributed by atoms with van der Waals surface area (Å²) in [5.41, 5.74) is 0.878. The van der Waals surface area contributed by atoms with E-state index in [4.69, 9.17) is 9.47 Å². The molecule has 0 radical (unpaired) electrons. The van der Waals surface area contributed by atoms with Crippen LogP contribution < -0.4 is 4.74 Å². The van der Waals surface area contributed by atoms with Gasteiger partial charge in [-0.2, -0.15) is 5.26 Å². The highest BCUT2D eigenvalue weighted by Crippen LogP contribution is 2.38. The van der Waals surface area contributed by atoms with Crippen LogP contribution in [0.15, 0.2) is 41.9 Å². The molecule has 1 aliphatic rings. The van der Waals surface area contributed by atoms with Gasteiger partial charge < -0.3 is 9.47 Å². The number of urea groups is 1. The first-order chi connectivity index (χ1) is 12.0. The number of hydrogen-bond donors (Lipinski definition) is 0. The minimum atomic E-state index is -0.880. The smallest absolute Gasteiger partial charge is 0.418 e. The Kier molecular flexibility index (Phi) is 5.90. The fourth-order valence-electron chi connectivity index (χ4n) is 2.64. The Morgan fingerprint density at radius 2 is 2.20 bits per heavy atom. The summed E-state index contributed by atoms with van der Waals surface area (Å²) in [5.74, 6) is -0.333. The molecule has 130 valence electrons. The summed E-state index contributed by atoms with van der Waals surface area (Å²) in [6.45, 7) is 7.19. The number of nitriles is 1. The highest BCUT2D eigenvalue weighted by molar-refractivity contribution is 6.04. The number of hydrogen-bond acceptors (Lipinski definition) is 5. The number of benzene rings is 1. The van der Waals surface area contributed by atoms with Gasteiger partial charge in [-0.05, 0) is 19.9 Å². The van der Waals surface area contributed by atoms with Crippen LogP contribution in [-0.4, -0.2) is 35.9 Å². The summed E-state index contributed by atoms with van der Waals surface area (Å²) in [4.78, 5) is 29.4. The van der Waals surface area contributed by atoms with Crippen LogP contribution in [-0.2, 0) is 4.74 Å². The van der Waals surface area contributed by atoms with E-state index < -0.39 is 24.1 Å². The zero-order chi connectivity index (χ0) is 18.4. The maximum Gasteiger partial charge on any atom is 0.418 e. The van der Waals surface area contributed by atoms with E-state index in [0.29, 0.717) is 17.0 Å². The topological polar surface area (TPSA) is 92.0 Å². The largest absolute Gasteiger partial charge is 0.489 e. The molecule has 2 atom stereocenters. The quantitative estimate of drug-likeness (QED) is 0.764. The van der Waals surface area contributed by atoms with Crippen molar-refractivity contribution in [1.82, 2.24) is 4.90 Å². The van der Waals surface area contributed by atoms with Crippen molar-refractivity contribution in [3.05, 3.63) is 42.5 Å². The standard InChI is InChI=1S/C18H19N3O4/c1-4-10-25-15-9-7-6-8-13(15)16-14(11-19)12(3)20-17(22)21(16)18(23)24-5-2/h4,6-9,14,16H,1,5,10H2,2-3H3. The Hall–Kier alpha value is -3.14. The fraction of sp³-hybridized carbons (Fsp3) is 0.333. The third-order valence-electron chi connectivity index (χ3n) is 3.72. The zero-order valence-electron chi connectivity index (χ0n) is 14.1. The molecule has 2 unspecified atom stereocenters. The van der Waals surface area contributed by atoms with Gasteiger partial charge in [0.05, 0.1) is 18.7 Å². The average Bonchev–Trinajstić information content (AvgIpc) is 2.59. The van der Waals surface area contributed by atoms with Crippen molar-refractivity contribution in [1.29, 1.82) is 5.26 Å². The lowest BCUT2D eigenvalue weighted by Gasteiger charge is -2.35. The van der Waals surface area contributed by atoms with Gasteiger partial charge in [-0.3, -0.25) is 0 Å². The lowest BCUT2D eigenvalue weighted by atomic mass is 9.87. The molecule has 25 heavy (non-hydrogen) atoms. The predicted octanol–water partition coefficient (Wildman–Crippen LogP) is 3.49. The SMILES string of the molecule is C=CCOc1ccccc1C1C(C#N)C(C)=NC(=O)N1C(=O)OCC. The summed E-state index contributed by atoms with van der Waals surface area (Å²) < 4.78 is 10.6. The molecule has 1 aromatic carbocycles. The molecule has 0 aliphatic carbocycles. The van der Waals surface area contributed by atoms with Crippen LogP contribution in [0.25, 0.3) is 0 Å². The van der Waals surface area contributed by atoms with Crippen LogP contribution in [0.3, 0.4) is 0 Å². The van der Waals surface area contributed by atoms with Gasteiger partial charge in [0.15, 0.2) is 0 Å². The van der Waals surface area contributed by atoms with Gasteiger partial charge in [-0.15, -0.1) is 0 Å². The van der Waals surface area contributed by atoms with E-state index in [-0.39, 0.29) is 13.2 Å². The van der Waals surface area contributed by atoms with Crippen molar-refractivity contribution >= 4 is 17.8 Å². The van der Waals surface area contributed by atoms with Crippen molar-refractivity contribution in [3.63, 3.8) is 0 Å². The molecule has 0 saturated carbocycles. The number of para-hydroxylation sites is 1. The van der Waals surface area contributed by atoms with Crippen LogP contribution >= 0.6 is 0 Å². The Morgan fingerprint density at radius 1 is 1.48 bits per heavy atom. The second kappa shape index (κ2) is 8.11. The van der Waals surface area contributed by atoms with Gasteiger partial charge in [0.2, 0.25) is 0 Å². The third-order valence-corrected chi connectivity index (χ3v) is 3.72. The molecule has 7 nitrogen and oxygen atoms in total. The number of carbonyl (C=O) groups is 2. The Balaban J connectivity index is 2.58. The average molecular weight is 341 g/mol. The van der Waals surface area contributed by atoms with E-state index in [1.54, 1.807) is 44.2 Å². The Morgan fingerprint density at radius 3 is 2.84 bits per heavy atom. The highest BCUT2D eigenvalue weighted by Gasteiger charge is 2.43. The second-order valence-corrected chi connectivity index (χ2v) is 5.29. The van der Waals surface area contributed by atoms with E-state index in [9.17, 15) is 14.9 Å². The van der Waals surface area contributed by atoms with Crippen molar-refractivity contribution in [2.75, 3.05) is 13.2 Å². The highest BCUT2D eigenvalue weighted by atomic mass is 16.6. The monoisotopic (exact) mass is 341 g/mol. The van der Waals surface area contributed by atoms with Crippen molar-refractivity contribution in [3.8, 4) is 11.8 Å². The number of carbonyl (C=O) groups excluding carboxylic acids is 2. The second-order valence-electron chi connectivity index (χ2n) is 5.29. The molecular formula is C18H19N3O4. The van der Waals surface area contributed by atoms with E-state index in [1.807, 2.05) is 0 Å². The first kappa shape index (κ1) is 18.2. The Labute approximate surface area is 146 Å². The van der Waals surface area contributed by atoms with Crippen LogP contribution in [0.4, 0.5) is 9.59 Å². The predicted molar refractivity (Wildman–Crippen MR) is 91.3 cm³/mol. The third kappa shape index (κ3) is 3.69. The van der Waals surface area contributed by atoms with E-state index in [1.165, 1.54) is 0 Å². The molecule has 1 aliphatic heterocycles. The molecule has 1 aromatic rings. The molecule has 7 heteroatoms. The maximum absolute atomic E-state index is 12.4. The normalized spacial score (nSPS) is 19.6. The van der Waals surface area contributed by atoms with Gasteiger partial charge in [-0.1, -0.05) is 30.9 Å². The number of amides is 3. The molecule has 0 spiro atoms. The lowest BCUT2D eigenvalue weighted by Crippen LogP contribution is -2.47. The van der Waals surface area contributed by atoms with E-state index in [2.05, 4.69) is 17.6 Å². The summed E-state index contributed by atoms with van der Waals surface area (Å²) in [5, 5.41) is 9.60. The molecule has 3 amide bonds. The van der Waals surface area contributed by atoms with Crippen LogP contribution in [0.5, 0.6) is 5.75 Å². The van der Waals surface area contributed by atoms with Gasteiger partial charge >= 0.3 is 12.1 Å². The van der Waals surface area contributed by atoms with Crippen molar-refractivity contribution in [2.45, 2.75) is 19.9 Å². The number of nitrogens with zero attached hydrogens (tertiary/aromatic N) is 3. The lowest BCUT2D eigenvalue weighted by molar-refractivity contribution is 0.0976. The molecule has 2 rings (SSSR count).